The normalized spacial score (nSPS) is 27.0. The molecule has 1 heterocycles. The molecule has 41 heavy (non-hydrogen) atoms. The molecule has 3 aromatic carbocycles. The first-order chi connectivity index (χ1) is 19.6. The molecule has 1 aliphatic heterocycles. The molecule has 0 bridgehead atoms. The van der Waals surface area contributed by atoms with Crippen LogP contribution in [0.3, 0.4) is 0 Å². The Morgan fingerprint density at radius 1 is 0.902 bits per heavy atom. The zero-order valence-electron chi connectivity index (χ0n) is 22.4. The Morgan fingerprint density at radius 2 is 1.66 bits per heavy atom. The number of phenolic OH excluding ortho intramolecular Hbond substituents is 1. The number of aliphatic hydroxyl groups is 2. The number of methoxy groups -OCH3 is 2. The number of ketones is 2. The maximum Gasteiger partial charge on any atom is 0.342 e. The van der Waals surface area contributed by atoms with E-state index in [0.29, 0.717) is 11.1 Å². The van der Waals surface area contributed by atoms with Crippen molar-refractivity contribution in [3.05, 3.63) is 98.6 Å². The van der Waals surface area contributed by atoms with E-state index in [9.17, 15) is 29.7 Å². The molecule has 0 saturated carbocycles. The number of carbonyl (C=O) groups excluding carboxylic acids is 3. The maximum absolute atomic E-state index is 14.1. The van der Waals surface area contributed by atoms with Crippen LogP contribution in [0.25, 0.3) is 0 Å². The molecule has 0 radical (unpaired) electrons. The number of phenols is 1. The third kappa shape index (κ3) is 3.10. The molecule has 5 unspecified atom stereocenters. The molecule has 4 aliphatic rings. The standard InChI is InChI=1S/C32H26O9/c1-13-9-16-24(21(10-13)40-3)31(38)41-30-18(33)8-7-17-22-14(12-32(17,30)29(16)37)11-19(34)25-26(22)27(35)15-5-4-6-20(39-2)23(15)28(25)36/h4-11,17-18,29-30,33-34,37H,12H2,1-3H3. The molecule has 3 aliphatic carbocycles. The van der Waals surface area contributed by atoms with Gasteiger partial charge in [0.25, 0.3) is 0 Å². The highest BCUT2D eigenvalue weighted by Crippen LogP contribution is 2.63. The monoisotopic (exact) mass is 554 g/mol. The SMILES string of the molecule is COc1cccc2c1C(=O)c1c(O)cc3c(c1C2=O)C1C=CC(O)C2OC(=O)c4c(OC)cc(C)cc4C(O)C12C3. The fourth-order valence-corrected chi connectivity index (χ4v) is 7.44. The molecule has 3 aromatic rings. The summed E-state index contributed by atoms with van der Waals surface area (Å²) < 4.78 is 16.8. The lowest BCUT2D eigenvalue weighted by atomic mass is 9.61. The summed E-state index contributed by atoms with van der Waals surface area (Å²) >= 11 is 0. The maximum atomic E-state index is 14.1. The molecule has 0 saturated heterocycles. The van der Waals surface area contributed by atoms with Crippen LogP contribution < -0.4 is 9.47 Å². The van der Waals surface area contributed by atoms with Crippen LogP contribution in [-0.4, -0.2) is 59.3 Å². The molecular formula is C32H26O9. The largest absolute Gasteiger partial charge is 0.507 e. The molecule has 0 fully saturated rings. The van der Waals surface area contributed by atoms with Crippen LogP contribution in [0.4, 0.5) is 0 Å². The summed E-state index contributed by atoms with van der Waals surface area (Å²) in [5.41, 5.74) is 0.816. The van der Waals surface area contributed by atoms with E-state index in [4.69, 9.17) is 14.2 Å². The first-order valence-electron chi connectivity index (χ1n) is 13.2. The van der Waals surface area contributed by atoms with Gasteiger partial charge in [-0.15, -0.1) is 0 Å². The number of rotatable bonds is 2. The molecule has 1 spiro atoms. The third-order valence-electron chi connectivity index (χ3n) is 9.07. The first-order valence-corrected chi connectivity index (χ1v) is 13.2. The van der Waals surface area contributed by atoms with Crippen molar-refractivity contribution in [3.63, 3.8) is 0 Å². The summed E-state index contributed by atoms with van der Waals surface area (Å²) in [5.74, 6) is -2.44. The molecule has 0 aromatic heterocycles. The number of fused-ring (bicyclic) bond motifs is 6. The Kier molecular flexibility index (Phi) is 5.30. The van der Waals surface area contributed by atoms with Crippen LogP contribution in [0.1, 0.15) is 76.5 Å². The highest BCUT2D eigenvalue weighted by molar-refractivity contribution is 6.31. The van der Waals surface area contributed by atoms with Gasteiger partial charge in [0, 0.05) is 17.0 Å². The molecule has 5 atom stereocenters. The van der Waals surface area contributed by atoms with Crippen LogP contribution in [0.15, 0.2) is 48.6 Å². The van der Waals surface area contributed by atoms with Crippen molar-refractivity contribution in [2.45, 2.75) is 37.6 Å². The van der Waals surface area contributed by atoms with Crippen molar-refractivity contribution in [2.75, 3.05) is 14.2 Å². The smallest absolute Gasteiger partial charge is 0.342 e. The zero-order chi connectivity index (χ0) is 29.0. The van der Waals surface area contributed by atoms with Gasteiger partial charge in [0.2, 0.25) is 5.78 Å². The second kappa shape index (κ2) is 8.52. The highest BCUT2D eigenvalue weighted by Gasteiger charge is 2.63. The van der Waals surface area contributed by atoms with Crippen LogP contribution in [0, 0.1) is 12.3 Å². The van der Waals surface area contributed by atoms with E-state index in [2.05, 4.69) is 0 Å². The van der Waals surface area contributed by atoms with Crippen molar-refractivity contribution >= 4 is 17.5 Å². The van der Waals surface area contributed by atoms with Crippen molar-refractivity contribution in [1.29, 1.82) is 0 Å². The lowest BCUT2D eigenvalue weighted by molar-refractivity contribution is -0.119. The number of aromatic hydroxyl groups is 1. The Bertz CT molecular complexity index is 1750. The van der Waals surface area contributed by atoms with Gasteiger partial charge in [0.1, 0.15) is 35.0 Å². The van der Waals surface area contributed by atoms with E-state index in [0.717, 1.165) is 5.56 Å². The van der Waals surface area contributed by atoms with Gasteiger partial charge < -0.3 is 29.5 Å². The Balaban J connectivity index is 1.50. The van der Waals surface area contributed by atoms with E-state index in [-0.39, 0.29) is 57.1 Å². The third-order valence-corrected chi connectivity index (χ3v) is 9.07. The van der Waals surface area contributed by atoms with Crippen molar-refractivity contribution < 1.29 is 43.9 Å². The van der Waals surface area contributed by atoms with E-state index in [1.54, 1.807) is 36.4 Å². The van der Waals surface area contributed by atoms with Gasteiger partial charge in [-0.05, 0) is 53.8 Å². The summed E-state index contributed by atoms with van der Waals surface area (Å²) in [6.07, 6.45) is -0.586. The van der Waals surface area contributed by atoms with E-state index in [1.165, 1.54) is 26.4 Å². The van der Waals surface area contributed by atoms with Gasteiger partial charge in [-0.1, -0.05) is 30.4 Å². The Hall–Kier alpha value is -4.47. The van der Waals surface area contributed by atoms with Crippen LogP contribution in [-0.2, 0) is 11.2 Å². The summed E-state index contributed by atoms with van der Waals surface area (Å²) in [4.78, 5) is 41.4. The molecule has 208 valence electrons. The van der Waals surface area contributed by atoms with Crippen molar-refractivity contribution in [3.8, 4) is 17.2 Å². The number of allylic oxidation sites excluding steroid dienone is 1. The topological polar surface area (TPSA) is 140 Å². The minimum atomic E-state index is -1.35. The predicted molar refractivity (Wildman–Crippen MR) is 144 cm³/mol. The average Bonchev–Trinajstić information content (AvgIpc) is 3.25. The summed E-state index contributed by atoms with van der Waals surface area (Å²) in [7, 11) is 2.82. The quantitative estimate of drug-likeness (QED) is 0.251. The molecule has 7 rings (SSSR count). The van der Waals surface area contributed by atoms with Gasteiger partial charge in [-0.2, -0.15) is 0 Å². The van der Waals surface area contributed by atoms with Crippen LogP contribution in [0.5, 0.6) is 17.2 Å². The van der Waals surface area contributed by atoms with Gasteiger partial charge in [-0.25, -0.2) is 4.79 Å². The Labute approximate surface area is 234 Å². The van der Waals surface area contributed by atoms with Crippen molar-refractivity contribution in [1.82, 2.24) is 0 Å². The second-order valence-corrected chi connectivity index (χ2v) is 11.1. The number of ether oxygens (including phenoxy) is 3. The van der Waals surface area contributed by atoms with Gasteiger partial charge >= 0.3 is 5.97 Å². The summed E-state index contributed by atoms with van der Waals surface area (Å²) in [6, 6.07) is 9.52. The van der Waals surface area contributed by atoms with E-state index < -0.39 is 47.2 Å². The predicted octanol–water partition coefficient (Wildman–Crippen LogP) is 3.32. The van der Waals surface area contributed by atoms with Crippen molar-refractivity contribution in [2.24, 2.45) is 5.41 Å². The fourth-order valence-electron chi connectivity index (χ4n) is 7.44. The van der Waals surface area contributed by atoms with Crippen LogP contribution in [0.2, 0.25) is 0 Å². The molecule has 0 amide bonds. The molecule has 3 N–H and O–H groups in total. The molecule has 9 nitrogen and oxygen atoms in total. The number of hydrogen-bond acceptors (Lipinski definition) is 9. The van der Waals surface area contributed by atoms with Gasteiger partial charge in [0.15, 0.2) is 5.78 Å². The highest BCUT2D eigenvalue weighted by atomic mass is 16.6. The average molecular weight is 555 g/mol. The minimum Gasteiger partial charge on any atom is -0.507 e. The molecule has 9 heteroatoms. The van der Waals surface area contributed by atoms with Crippen LogP contribution >= 0.6 is 0 Å². The number of benzene rings is 3. The number of aryl methyl sites for hydroxylation is 1. The van der Waals surface area contributed by atoms with Gasteiger partial charge in [-0.3, -0.25) is 9.59 Å². The summed E-state index contributed by atoms with van der Waals surface area (Å²) in [5, 5.41) is 34.5. The van der Waals surface area contributed by atoms with Gasteiger partial charge in [0.05, 0.1) is 36.9 Å². The Morgan fingerprint density at radius 3 is 2.39 bits per heavy atom. The number of esters is 1. The first kappa shape index (κ1) is 25.5. The fraction of sp³-hybridized carbons (Fsp3) is 0.281. The minimum absolute atomic E-state index is 0.0391. The number of hydrogen-bond donors (Lipinski definition) is 3. The van der Waals surface area contributed by atoms with E-state index in [1.807, 2.05) is 6.92 Å². The lowest BCUT2D eigenvalue weighted by Crippen LogP contribution is -2.52. The number of carbonyl (C=O) groups is 3. The van der Waals surface area contributed by atoms with E-state index >= 15 is 0 Å². The zero-order valence-corrected chi connectivity index (χ0v) is 22.4. The summed E-state index contributed by atoms with van der Waals surface area (Å²) in [6.45, 7) is 1.81. The molecular weight excluding hydrogens is 528 g/mol. The lowest BCUT2D eigenvalue weighted by Gasteiger charge is -2.46. The second-order valence-electron chi connectivity index (χ2n) is 11.1. The number of aliphatic hydroxyl groups excluding tert-OH is 2.